The fourth-order valence-electron chi connectivity index (χ4n) is 2.90. The molecule has 1 atom stereocenters. The molecule has 3 heteroatoms. The first-order chi connectivity index (χ1) is 9.17. The Morgan fingerprint density at radius 2 is 1.89 bits per heavy atom. The molecule has 0 heterocycles. The highest BCUT2D eigenvalue weighted by molar-refractivity contribution is 6.44. The van der Waals surface area contributed by atoms with E-state index < -0.39 is 0 Å². The Morgan fingerprint density at radius 3 is 2.58 bits per heavy atom. The van der Waals surface area contributed by atoms with Crippen LogP contribution in [0.25, 0.3) is 11.1 Å². The Bertz CT molecular complexity index is 649. The monoisotopic (exact) mass is 291 g/mol. The van der Waals surface area contributed by atoms with E-state index in [4.69, 9.17) is 28.9 Å². The number of nitrogens with two attached hydrogens (primary N) is 1. The summed E-state index contributed by atoms with van der Waals surface area (Å²) in [4.78, 5) is 0. The van der Waals surface area contributed by atoms with Crippen molar-refractivity contribution >= 4 is 23.2 Å². The normalized spacial score (nSPS) is 16.3. The fourth-order valence-corrected chi connectivity index (χ4v) is 3.33. The number of halogens is 2. The highest BCUT2D eigenvalue weighted by atomic mass is 35.5. The number of aryl methyl sites for hydroxylation is 1. The van der Waals surface area contributed by atoms with Crippen LogP contribution in [-0.4, -0.2) is 6.54 Å². The Hall–Kier alpha value is -1.02. The molecule has 0 radical (unpaired) electrons. The summed E-state index contributed by atoms with van der Waals surface area (Å²) in [6.45, 7) is 2.75. The van der Waals surface area contributed by atoms with Gasteiger partial charge in [0.15, 0.2) is 0 Å². The van der Waals surface area contributed by atoms with E-state index in [1.807, 2.05) is 12.1 Å². The molecule has 0 spiro atoms. The summed E-state index contributed by atoms with van der Waals surface area (Å²) < 4.78 is 0. The van der Waals surface area contributed by atoms with Crippen molar-refractivity contribution in [3.63, 3.8) is 0 Å². The molecule has 2 aromatic carbocycles. The molecule has 0 amide bonds. The van der Waals surface area contributed by atoms with Gasteiger partial charge in [0.05, 0.1) is 10.0 Å². The maximum Gasteiger partial charge on any atom is 0.0673 e. The topological polar surface area (TPSA) is 26.0 Å². The van der Waals surface area contributed by atoms with Crippen molar-refractivity contribution in [3.05, 3.63) is 57.1 Å². The van der Waals surface area contributed by atoms with Crippen molar-refractivity contribution in [1.82, 2.24) is 0 Å². The van der Waals surface area contributed by atoms with Crippen LogP contribution in [0, 0.1) is 0 Å². The van der Waals surface area contributed by atoms with Gasteiger partial charge in [0.1, 0.15) is 0 Å². The fraction of sp³-hybridized carbons (Fsp3) is 0.250. The van der Waals surface area contributed by atoms with E-state index in [1.54, 1.807) is 0 Å². The molecule has 3 rings (SSSR count). The quantitative estimate of drug-likeness (QED) is 0.858. The summed E-state index contributed by atoms with van der Waals surface area (Å²) in [5.41, 5.74) is 12.0. The van der Waals surface area contributed by atoms with Crippen molar-refractivity contribution in [3.8, 4) is 11.1 Å². The maximum absolute atomic E-state index is 6.39. The number of rotatable bonds is 2. The van der Waals surface area contributed by atoms with Crippen molar-refractivity contribution in [1.29, 1.82) is 0 Å². The van der Waals surface area contributed by atoms with Crippen molar-refractivity contribution < 1.29 is 0 Å². The van der Waals surface area contributed by atoms with E-state index in [2.05, 4.69) is 25.1 Å². The van der Waals surface area contributed by atoms with Gasteiger partial charge >= 0.3 is 0 Å². The summed E-state index contributed by atoms with van der Waals surface area (Å²) in [7, 11) is 0. The van der Waals surface area contributed by atoms with Gasteiger partial charge in [-0.1, -0.05) is 54.4 Å². The lowest BCUT2D eigenvalue weighted by atomic mass is 9.95. The summed E-state index contributed by atoms with van der Waals surface area (Å²) >= 11 is 12.5. The van der Waals surface area contributed by atoms with Crippen molar-refractivity contribution in [2.75, 3.05) is 6.54 Å². The highest BCUT2D eigenvalue weighted by Gasteiger charge is 2.30. The Labute approximate surface area is 123 Å². The number of fused-ring (bicyclic) bond motifs is 3. The predicted molar refractivity (Wildman–Crippen MR) is 82.2 cm³/mol. The molecule has 1 unspecified atom stereocenters. The summed E-state index contributed by atoms with van der Waals surface area (Å²) in [5, 5.41) is 1.24. The van der Waals surface area contributed by atoms with Crippen molar-refractivity contribution in [2.45, 2.75) is 19.3 Å². The van der Waals surface area contributed by atoms with E-state index in [9.17, 15) is 0 Å². The van der Waals surface area contributed by atoms with Gasteiger partial charge in [-0.15, -0.1) is 0 Å². The third-order valence-electron chi connectivity index (χ3n) is 3.91. The summed E-state index contributed by atoms with van der Waals surface area (Å²) in [6.07, 6.45) is 1.02. The van der Waals surface area contributed by atoms with E-state index in [1.165, 1.54) is 22.3 Å². The van der Waals surface area contributed by atoms with Crippen LogP contribution >= 0.6 is 23.2 Å². The lowest BCUT2D eigenvalue weighted by Crippen LogP contribution is -2.11. The first-order valence-electron chi connectivity index (χ1n) is 6.48. The summed E-state index contributed by atoms with van der Waals surface area (Å²) in [6, 6.07) is 10.4. The molecule has 2 aromatic rings. The van der Waals surface area contributed by atoms with Crippen LogP contribution in [0.2, 0.25) is 10.0 Å². The van der Waals surface area contributed by atoms with Gasteiger partial charge in [0, 0.05) is 18.0 Å². The molecule has 98 valence electrons. The molecule has 19 heavy (non-hydrogen) atoms. The number of benzene rings is 2. The van der Waals surface area contributed by atoms with Crippen LogP contribution in [0.15, 0.2) is 30.3 Å². The second-order valence-corrected chi connectivity index (χ2v) is 5.67. The van der Waals surface area contributed by atoms with Crippen molar-refractivity contribution in [2.24, 2.45) is 5.73 Å². The maximum atomic E-state index is 6.39. The average molecular weight is 292 g/mol. The minimum atomic E-state index is 0.228. The molecule has 0 bridgehead atoms. The first-order valence-corrected chi connectivity index (χ1v) is 7.24. The standard InChI is InChI=1S/C16H15Cl2N/c1-2-9-3-4-10-12(7-9)13(8-19)11-5-6-14(17)16(18)15(10)11/h3-7,13H,2,8,19H2,1H3. The largest absolute Gasteiger partial charge is 0.330 e. The zero-order chi connectivity index (χ0) is 13.6. The SMILES string of the molecule is CCc1ccc2c(c1)C(CN)c1ccc(Cl)c(Cl)c1-2. The lowest BCUT2D eigenvalue weighted by molar-refractivity contribution is 0.838. The molecule has 1 aliphatic carbocycles. The predicted octanol–water partition coefficient (Wildman–Crippen LogP) is 4.63. The first kappa shape index (κ1) is 13.0. The smallest absolute Gasteiger partial charge is 0.0673 e. The Balaban J connectivity index is 2.30. The van der Waals surface area contributed by atoms with Gasteiger partial charge in [-0.3, -0.25) is 0 Å². The third-order valence-corrected chi connectivity index (χ3v) is 4.71. The second kappa shape index (κ2) is 4.82. The van der Waals surface area contributed by atoms with Crippen LogP contribution in [0.1, 0.15) is 29.5 Å². The molecule has 2 N–H and O–H groups in total. The lowest BCUT2D eigenvalue weighted by Gasteiger charge is -2.11. The zero-order valence-electron chi connectivity index (χ0n) is 10.7. The van der Waals surface area contributed by atoms with Gasteiger partial charge < -0.3 is 5.73 Å². The number of hydrogen-bond acceptors (Lipinski definition) is 1. The molecule has 0 fully saturated rings. The molecule has 1 aliphatic rings. The van der Waals surface area contributed by atoms with E-state index in [0.29, 0.717) is 16.6 Å². The summed E-state index contributed by atoms with van der Waals surface area (Å²) in [5.74, 6) is 0.228. The van der Waals surface area contributed by atoms with Crippen LogP contribution in [-0.2, 0) is 6.42 Å². The minimum absolute atomic E-state index is 0.228. The molecule has 0 saturated carbocycles. The zero-order valence-corrected chi connectivity index (χ0v) is 12.2. The second-order valence-electron chi connectivity index (χ2n) is 4.89. The van der Waals surface area contributed by atoms with Crippen LogP contribution in [0.5, 0.6) is 0 Å². The third kappa shape index (κ3) is 1.88. The molecular weight excluding hydrogens is 277 g/mol. The minimum Gasteiger partial charge on any atom is -0.330 e. The van der Waals surface area contributed by atoms with Crippen LogP contribution in [0.3, 0.4) is 0 Å². The molecule has 0 aromatic heterocycles. The van der Waals surface area contributed by atoms with E-state index >= 15 is 0 Å². The number of hydrogen-bond donors (Lipinski definition) is 1. The van der Waals surface area contributed by atoms with Crippen LogP contribution in [0.4, 0.5) is 0 Å². The Kier molecular flexibility index (Phi) is 3.30. The van der Waals surface area contributed by atoms with E-state index in [-0.39, 0.29) is 5.92 Å². The van der Waals surface area contributed by atoms with E-state index in [0.717, 1.165) is 12.0 Å². The molecule has 0 aliphatic heterocycles. The Morgan fingerprint density at radius 1 is 1.11 bits per heavy atom. The van der Waals surface area contributed by atoms with Gasteiger partial charge in [-0.05, 0) is 34.7 Å². The van der Waals surface area contributed by atoms with Gasteiger partial charge in [-0.25, -0.2) is 0 Å². The van der Waals surface area contributed by atoms with Crippen LogP contribution < -0.4 is 5.73 Å². The van der Waals surface area contributed by atoms with Gasteiger partial charge in [-0.2, -0.15) is 0 Å². The molecule has 0 saturated heterocycles. The van der Waals surface area contributed by atoms with Gasteiger partial charge in [0.25, 0.3) is 0 Å². The average Bonchev–Trinajstić information content (AvgIpc) is 2.75. The molecular formula is C16H15Cl2N. The van der Waals surface area contributed by atoms with Gasteiger partial charge in [0.2, 0.25) is 0 Å². The molecule has 1 nitrogen and oxygen atoms in total. The highest BCUT2D eigenvalue weighted by Crippen LogP contribution is 2.49.